The van der Waals surface area contributed by atoms with Gasteiger partial charge in [0, 0.05) is 28.6 Å². The Kier molecular flexibility index (Phi) is 4.75. The van der Waals surface area contributed by atoms with Crippen LogP contribution in [0.5, 0.6) is 0 Å². The Morgan fingerprint density at radius 1 is 1.41 bits per heavy atom. The summed E-state index contributed by atoms with van der Waals surface area (Å²) < 4.78 is 1.11. The van der Waals surface area contributed by atoms with Crippen LogP contribution in [0.1, 0.15) is 38.2 Å². The maximum absolute atomic E-state index is 6.06. The lowest BCUT2D eigenvalue weighted by atomic mass is 10.1. The Balaban J connectivity index is 2.21. The molecular weight excluding hydrogens is 298 g/mol. The third-order valence-corrected chi connectivity index (χ3v) is 4.02. The minimum absolute atomic E-state index is 0.587. The first-order valence-corrected chi connectivity index (χ1v) is 7.70. The van der Waals surface area contributed by atoms with Crippen LogP contribution in [0.15, 0.2) is 22.7 Å². The average molecular weight is 317 g/mol. The van der Waals surface area contributed by atoms with E-state index in [0.29, 0.717) is 5.88 Å². The van der Waals surface area contributed by atoms with Crippen molar-refractivity contribution in [3.05, 3.63) is 28.2 Å². The predicted octanol–water partition coefficient (Wildman–Crippen LogP) is 4.96. The molecule has 0 bridgehead atoms. The van der Waals surface area contributed by atoms with E-state index in [1.807, 2.05) is 0 Å². The van der Waals surface area contributed by atoms with Crippen molar-refractivity contribution >= 4 is 33.2 Å². The van der Waals surface area contributed by atoms with E-state index < -0.39 is 0 Å². The Bertz CT molecular complexity index is 376. The molecule has 1 fully saturated rings. The van der Waals surface area contributed by atoms with Gasteiger partial charge in [-0.05, 0) is 43.0 Å². The maximum Gasteiger partial charge on any atom is 0.0494 e. The molecule has 0 spiro atoms. The van der Waals surface area contributed by atoms with Crippen molar-refractivity contribution in [2.75, 3.05) is 11.4 Å². The molecule has 0 saturated heterocycles. The summed E-state index contributed by atoms with van der Waals surface area (Å²) in [5, 5.41) is 0. The first-order valence-electron chi connectivity index (χ1n) is 6.37. The molecule has 0 unspecified atom stereocenters. The van der Waals surface area contributed by atoms with Crippen LogP contribution in [-0.2, 0) is 5.88 Å². The van der Waals surface area contributed by atoms with Gasteiger partial charge in [-0.3, -0.25) is 0 Å². The lowest BCUT2D eigenvalue weighted by Gasteiger charge is -2.27. The number of anilines is 1. The second-order valence-electron chi connectivity index (χ2n) is 4.68. The van der Waals surface area contributed by atoms with Crippen molar-refractivity contribution in [2.45, 2.75) is 44.5 Å². The molecule has 0 aromatic heterocycles. The molecular formula is C14H19BrClN. The van der Waals surface area contributed by atoms with Crippen molar-refractivity contribution in [1.82, 2.24) is 0 Å². The quantitative estimate of drug-likeness (QED) is 0.671. The number of rotatable bonds is 6. The third-order valence-electron chi connectivity index (χ3n) is 3.24. The zero-order valence-electron chi connectivity index (χ0n) is 10.3. The van der Waals surface area contributed by atoms with Gasteiger partial charge in [-0.2, -0.15) is 0 Å². The van der Waals surface area contributed by atoms with E-state index >= 15 is 0 Å². The lowest BCUT2D eigenvalue weighted by Crippen LogP contribution is -2.27. The number of hydrogen-bond donors (Lipinski definition) is 0. The van der Waals surface area contributed by atoms with E-state index in [9.17, 15) is 0 Å². The molecule has 0 aliphatic heterocycles. The minimum Gasteiger partial charge on any atom is -0.368 e. The van der Waals surface area contributed by atoms with Crippen molar-refractivity contribution in [3.63, 3.8) is 0 Å². The normalized spacial score (nSPS) is 15.0. The molecule has 0 amide bonds. The number of alkyl halides is 1. The van der Waals surface area contributed by atoms with Gasteiger partial charge in [-0.25, -0.2) is 0 Å². The van der Waals surface area contributed by atoms with Crippen LogP contribution in [0.25, 0.3) is 0 Å². The molecule has 3 heteroatoms. The molecule has 1 aromatic rings. The molecule has 1 nitrogen and oxygen atoms in total. The van der Waals surface area contributed by atoms with Crippen LogP contribution in [0.3, 0.4) is 0 Å². The number of benzene rings is 1. The molecule has 94 valence electrons. The van der Waals surface area contributed by atoms with Crippen molar-refractivity contribution < 1.29 is 0 Å². The molecule has 1 aromatic carbocycles. The summed E-state index contributed by atoms with van der Waals surface area (Å²) in [4.78, 5) is 2.55. The first kappa shape index (κ1) is 13.2. The van der Waals surface area contributed by atoms with E-state index in [2.05, 4.69) is 46.0 Å². The van der Waals surface area contributed by atoms with Crippen LogP contribution < -0.4 is 4.90 Å². The van der Waals surface area contributed by atoms with Crippen LogP contribution >= 0.6 is 27.5 Å². The zero-order chi connectivity index (χ0) is 12.3. The van der Waals surface area contributed by atoms with Gasteiger partial charge in [0.2, 0.25) is 0 Å². The molecule has 1 aliphatic rings. The second kappa shape index (κ2) is 6.10. The number of hydrogen-bond acceptors (Lipinski definition) is 1. The Hall–Kier alpha value is -0.210. The predicted molar refractivity (Wildman–Crippen MR) is 79.0 cm³/mol. The molecule has 1 aliphatic carbocycles. The number of halogens is 2. The van der Waals surface area contributed by atoms with Gasteiger partial charge in [0.1, 0.15) is 0 Å². The van der Waals surface area contributed by atoms with Crippen LogP contribution in [0, 0.1) is 0 Å². The highest BCUT2D eigenvalue weighted by molar-refractivity contribution is 9.10. The number of nitrogens with zero attached hydrogens (tertiary/aromatic N) is 1. The van der Waals surface area contributed by atoms with Gasteiger partial charge in [0.15, 0.2) is 0 Å². The third kappa shape index (κ3) is 3.38. The SMILES string of the molecule is CCCCN(c1ccc(Br)cc1CCl)C1CC1. The van der Waals surface area contributed by atoms with Crippen molar-refractivity contribution in [3.8, 4) is 0 Å². The summed E-state index contributed by atoms with van der Waals surface area (Å²) in [6.07, 6.45) is 5.17. The first-order chi connectivity index (χ1) is 8.26. The number of unbranched alkanes of at least 4 members (excludes halogenated alkanes) is 1. The van der Waals surface area contributed by atoms with E-state index in [1.54, 1.807) is 0 Å². The van der Waals surface area contributed by atoms with Gasteiger partial charge in [-0.1, -0.05) is 29.3 Å². The van der Waals surface area contributed by atoms with Gasteiger partial charge in [-0.15, -0.1) is 11.6 Å². The summed E-state index contributed by atoms with van der Waals surface area (Å²) in [5.41, 5.74) is 2.57. The fourth-order valence-electron chi connectivity index (χ4n) is 2.16. The molecule has 0 N–H and O–H groups in total. The Morgan fingerprint density at radius 3 is 2.76 bits per heavy atom. The smallest absolute Gasteiger partial charge is 0.0494 e. The van der Waals surface area contributed by atoms with Crippen molar-refractivity contribution in [1.29, 1.82) is 0 Å². The summed E-state index contributed by atoms with van der Waals surface area (Å²) in [5.74, 6) is 0.587. The molecule has 0 atom stereocenters. The zero-order valence-corrected chi connectivity index (χ0v) is 12.6. The monoisotopic (exact) mass is 315 g/mol. The largest absolute Gasteiger partial charge is 0.368 e. The van der Waals surface area contributed by atoms with Crippen molar-refractivity contribution in [2.24, 2.45) is 0 Å². The summed E-state index contributed by atoms with van der Waals surface area (Å²) in [7, 11) is 0. The van der Waals surface area contributed by atoms with Crippen LogP contribution in [-0.4, -0.2) is 12.6 Å². The molecule has 0 heterocycles. The molecule has 1 saturated carbocycles. The van der Waals surface area contributed by atoms with Gasteiger partial charge in [0.25, 0.3) is 0 Å². The molecule has 0 radical (unpaired) electrons. The molecule has 2 rings (SSSR count). The van der Waals surface area contributed by atoms with Gasteiger partial charge in [0.05, 0.1) is 0 Å². The van der Waals surface area contributed by atoms with Gasteiger partial charge < -0.3 is 4.90 Å². The van der Waals surface area contributed by atoms with Gasteiger partial charge >= 0.3 is 0 Å². The summed E-state index contributed by atoms with van der Waals surface area (Å²) in [6.45, 7) is 3.40. The highest BCUT2D eigenvalue weighted by Gasteiger charge is 2.29. The second-order valence-corrected chi connectivity index (χ2v) is 5.87. The Labute approximate surface area is 117 Å². The maximum atomic E-state index is 6.06. The van der Waals surface area contributed by atoms with E-state index in [0.717, 1.165) is 17.1 Å². The van der Waals surface area contributed by atoms with E-state index in [4.69, 9.17) is 11.6 Å². The lowest BCUT2D eigenvalue weighted by molar-refractivity contribution is 0.711. The van der Waals surface area contributed by atoms with Crippen LogP contribution in [0.4, 0.5) is 5.69 Å². The average Bonchev–Trinajstić information content (AvgIpc) is 3.15. The van der Waals surface area contributed by atoms with E-state index in [-0.39, 0.29) is 0 Å². The highest BCUT2D eigenvalue weighted by Crippen LogP contribution is 2.35. The van der Waals surface area contributed by atoms with E-state index in [1.165, 1.54) is 36.9 Å². The summed E-state index contributed by atoms with van der Waals surface area (Å²) in [6, 6.07) is 7.22. The highest BCUT2D eigenvalue weighted by atomic mass is 79.9. The minimum atomic E-state index is 0.587. The molecule has 17 heavy (non-hydrogen) atoms. The fourth-order valence-corrected chi connectivity index (χ4v) is 2.78. The summed E-state index contributed by atoms with van der Waals surface area (Å²) >= 11 is 9.57. The fraction of sp³-hybridized carbons (Fsp3) is 0.571. The topological polar surface area (TPSA) is 3.24 Å². The Morgan fingerprint density at radius 2 is 2.18 bits per heavy atom. The van der Waals surface area contributed by atoms with Crippen LogP contribution in [0.2, 0.25) is 0 Å². The standard InChI is InChI=1S/C14H19BrClN/c1-2-3-8-17(13-5-6-13)14-7-4-12(15)9-11(14)10-16/h4,7,9,13H,2-3,5-6,8,10H2,1H3.